The topological polar surface area (TPSA) is 246 Å². The first kappa shape index (κ1) is 35.8. The molecule has 0 aromatic carbocycles. The summed E-state index contributed by atoms with van der Waals surface area (Å²) < 4.78 is 50.0. The summed E-state index contributed by atoms with van der Waals surface area (Å²) in [4.78, 5) is 45.6. The number of phosphoric acid groups is 2. The van der Waals surface area contributed by atoms with Crippen molar-refractivity contribution in [1.29, 1.82) is 0 Å². The number of hydrogen-bond donors (Lipinski definition) is 5. The standard InChI is InChI=1S/C14H21N7O11P2.3Na.3H/c1-28-10-9(22)7(4-29-33(24,25)32-34(26,27)31-20-3-2-16-5-20)30-13(10)21-6-17-8-11(21)18-14(15)19-12(8)23;;;;;;/h5-7,9-10,13,22H,2-4H2,1H3,(H,24,25)(H,26,27)(H3,15,18,19,23);;;;;;/t7-,9+,10-,13-;;;;;;/m1....../s1. The van der Waals surface area contributed by atoms with Gasteiger partial charge in [0.1, 0.15) is 24.7 Å². The van der Waals surface area contributed by atoms with Crippen LogP contribution in [0.15, 0.2) is 16.1 Å². The zero-order valence-electron chi connectivity index (χ0n) is 17.4. The Kier molecular flexibility index (Phi) is 14.1. The van der Waals surface area contributed by atoms with Gasteiger partial charge in [0, 0.05) is 7.11 Å². The van der Waals surface area contributed by atoms with Gasteiger partial charge < -0.3 is 30.1 Å². The van der Waals surface area contributed by atoms with Crippen LogP contribution in [0, 0.1) is 0 Å². The first-order valence-corrected chi connectivity index (χ1v) is 12.6. The van der Waals surface area contributed by atoms with E-state index >= 15 is 0 Å². The number of fused-ring (bicyclic) bond motifs is 1. The third kappa shape index (κ3) is 8.63. The van der Waals surface area contributed by atoms with Crippen LogP contribution in [0.5, 0.6) is 0 Å². The Balaban J connectivity index is 0.00000228. The monoisotopic (exact) mass is 597 g/mol. The number of hydrogen-bond acceptors (Lipinski definition) is 14. The van der Waals surface area contributed by atoms with Crippen molar-refractivity contribution in [2.45, 2.75) is 24.5 Å². The Hall–Kier alpha value is 0.760. The summed E-state index contributed by atoms with van der Waals surface area (Å²) in [6.07, 6.45) is -2.47. The SMILES string of the molecule is CO[C@@H]1[C@@H](O)[C@@H](COP(=O)(O)OP(=O)(O)ON2C=NCC2)O[C@H]1n1cnc2c(=O)[nH]c(N)nc21.[NaH].[NaH].[NaH]. The first-order valence-electron chi connectivity index (χ1n) is 9.56. The molecule has 1 saturated heterocycles. The molecule has 2 aliphatic rings. The van der Waals surface area contributed by atoms with E-state index in [9.17, 15) is 28.8 Å². The number of aliphatic hydroxyl groups is 1. The Morgan fingerprint density at radius 2 is 1.97 bits per heavy atom. The second kappa shape index (κ2) is 14.6. The fraction of sp³-hybridized carbons (Fsp3) is 0.571. The van der Waals surface area contributed by atoms with Gasteiger partial charge in [-0.15, -0.1) is 0 Å². The number of methoxy groups -OCH3 is 1. The minimum absolute atomic E-state index is 0. The Morgan fingerprint density at radius 3 is 2.59 bits per heavy atom. The van der Waals surface area contributed by atoms with E-state index in [-0.39, 0.29) is 112 Å². The molecule has 2 unspecified atom stereocenters. The number of anilines is 1. The number of H-pyrrole nitrogens is 1. The zero-order valence-corrected chi connectivity index (χ0v) is 19.2. The van der Waals surface area contributed by atoms with Crippen molar-refractivity contribution >= 4 is 128 Å². The second-order valence-electron chi connectivity index (χ2n) is 7.09. The molecular formula is C14H24N7Na3O11P2. The van der Waals surface area contributed by atoms with E-state index < -0.39 is 52.4 Å². The average Bonchev–Trinajstić information content (AvgIpc) is 3.44. The van der Waals surface area contributed by atoms with E-state index in [1.54, 1.807) is 0 Å². The summed E-state index contributed by atoms with van der Waals surface area (Å²) in [6.45, 7) is -0.310. The molecule has 2 aromatic rings. The maximum absolute atomic E-state index is 12.2. The molecule has 0 saturated carbocycles. The van der Waals surface area contributed by atoms with Crippen molar-refractivity contribution in [3.8, 4) is 0 Å². The molecule has 18 nitrogen and oxygen atoms in total. The van der Waals surface area contributed by atoms with Gasteiger partial charge in [-0.3, -0.25) is 23.9 Å². The maximum atomic E-state index is 12.2. The molecule has 0 bridgehead atoms. The van der Waals surface area contributed by atoms with E-state index in [0.29, 0.717) is 6.54 Å². The van der Waals surface area contributed by atoms with Crippen LogP contribution < -0.4 is 11.3 Å². The summed E-state index contributed by atoms with van der Waals surface area (Å²) >= 11 is 0. The van der Waals surface area contributed by atoms with Gasteiger partial charge in [-0.2, -0.15) is 13.9 Å². The van der Waals surface area contributed by atoms with Crippen molar-refractivity contribution in [3.05, 3.63) is 16.7 Å². The number of nitrogens with two attached hydrogens (primary N) is 1. The van der Waals surface area contributed by atoms with Crippen molar-refractivity contribution in [1.82, 2.24) is 24.6 Å². The second-order valence-corrected chi connectivity index (χ2v) is 10.0. The summed E-state index contributed by atoms with van der Waals surface area (Å²) in [6, 6.07) is 0. The molecule has 4 heterocycles. The number of nitrogens with zero attached hydrogens (tertiary/aromatic N) is 5. The molecule has 4 rings (SSSR count). The summed E-state index contributed by atoms with van der Waals surface area (Å²) in [7, 11) is -8.91. The molecule has 0 radical (unpaired) electrons. The average molecular weight is 597 g/mol. The molecule has 0 spiro atoms. The van der Waals surface area contributed by atoms with Crippen molar-refractivity contribution in [2.75, 3.05) is 32.5 Å². The van der Waals surface area contributed by atoms with E-state index in [1.165, 1.54) is 18.0 Å². The Morgan fingerprint density at radius 1 is 1.27 bits per heavy atom. The van der Waals surface area contributed by atoms with Gasteiger partial charge >= 0.3 is 104 Å². The Labute approximate surface area is 275 Å². The molecule has 6 atom stereocenters. The van der Waals surface area contributed by atoms with Crippen LogP contribution in [0.3, 0.4) is 0 Å². The van der Waals surface area contributed by atoms with Crippen LogP contribution in [-0.4, -0.2) is 180 Å². The van der Waals surface area contributed by atoms with Crippen molar-refractivity contribution < 1.29 is 47.0 Å². The van der Waals surface area contributed by atoms with Gasteiger partial charge in [-0.1, -0.05) is 0 Å². The third-order valence-corrected chi connectivity index (χ3v) is 7.33. The van der Waals surface area contributed by atoms with Crippen LogP contribution in [-0.2, 0) is 32.1 Å². The molecule has 0 aliphatic carbocycles. The van der Waals surface area contributed by atoms with Crippen LogP contribution in [0.1, 0.15) is 6.23 Å². The number of rotatable bonds is 9. The van der Waals surface area contributed by atoms with Gasteiger partial charge in [0.05, 0.1) is 26.0 Å². The number of ether oxygens (including phenoxy) is 2. The molecule has 37 heavy (non-hydrogen) atoms. The molecule has 1 fully saturated rings. The molecule has 6 N–H and O–H groups in total. The summed E-state index contributed by atoms with van der Waals surface area (Å²) in [5, 5.41) is 11.4. The van der Waals surface area contributed by atoms with Gasteiger partial charge in [-0.05, 0) is 0 Å². The molecule has 2 aromatic heterocycles. The van der Waals surface area contributed by atoms with Crippen molar-refractivity contribution in [3.63, 3.8) is 0 Å². The number of imidazole rings is 1. The molecular weight excluding hydrogens is 573 g/mol. The van der Waals surface area contributed by atoms with E-state index in [0.717, 1.165) is 11.4 Å². The number of aliphatic hydroxyl groups excluding tert-OH is 1. The third-order valence-electron chi connectivity index (χ3n) is 4.79. The summed E-state index contributed by atoms with van der Waals surface area (Å²) in [5.74, 6) is -0.180. The molecule has 2 aliphatic heterocycles. The fourth-order valence-electron chi connectivity index (χ4n) is 3.36. The normalized spacial score (nSPS) is 26.1. The molecule has 194 valence electrons. The summed E-state index contributed by atoms with van der Waals surface area (Å²) in [5.41, 5.74) is 4.99. The molecule has 23 heteroatoms. The Bertz CT molecular complexity index is 1250. The van der Waals surface area contributed by atoms with Crippen LogP contribution in [0.4, 0.5) is 5.95 Å². The number of aliphatic imine (C=N–C) groups is 1. The number of aromatic amines is 1. The van der Waals surface area contributed by atoms with Crippen LogP contribution in [0.25, 0.3) is 11.2 Å². The minimum atomic E-state index is -5.14. The predicted octanol–water partition coefficient (Wildman–Crippen LogP) is -3.46. The predicted molar refractivity (Wildman–Crippen MR) is 133 cm³/mol. The number of hydroxylamine groups is 2. The fourth-order valence-corrected chi connectivity index (χ4v) is 5.43. The van der Waals surface area contributed by atoms with Crippen LogP contribution >= 0.6 is 15.6 Å². The van der Waals surface area contributed by atoms with E-state index in [1.807, 2.05) is 0 Å². The number of phosphoric ester groups is 1. The number of aromatic nitrogens is 4. The quantitative estimate of drug-likeness (QED) is 0.139. The van der Waals surface area contributed by atoms with E-state index in [4.69, 9.17) is 19.7 Å². The van der Waals surface area contributed by atoms with Crippen LogP contribution in [0.2, 0.25) is 0 Å². The number of nitrogen functional groups attached to an aromatic ring is 1. The van der Waals surface area contributed by atoms with Crippen molar-refractivity contribution in [2.24, 2.45) is 4.99 Å². The first-order chi connectivity index (χ1) is 16.0. The molecule has 0 amide bonds. The van der Waals surface area contributed by atoms with Gasteiger partial charge in [-0.25, -0.2) is 19.2 Å². The zero-order chi connectivity index (χ0) is 24.7. The number of nitrogens with one attached hydrogen (secondary N) is 1. The van der Waals surface area contributed by atoms with E-state index in [2.05, 4.69) is 28.9 Å². The van der Waals surface area contributed by atoms with Gasteiger partial charge in [0.2, 0.25) is 5.95 Å². The van der Waals surface area contributed by atoms with Gasteiger partial charge in [0.25, 0.3) is 5.56 Å². The van der Waals surface area contributed by atoms with Gasteiger partial charge in [0.15, 0.2) is 17.4 Å².